The average Bonchev–Trinajstić information content (AvgIpc) is 3.15. The van der Waals surface area contributed by atoms with Gasteiger partial charge in [0.1, 0.15) is 41.8 Å². The largest absolute Gasteiger partial charge is 0.408 e. The molecule has 33 heavy (non-hydrogen) atoms. The molecule has 3 aromatic heterocycles. The summed E-state index contributed by atoms with van der Waals surface area (Å²) in [4.78, 5) is 18.5. The van der Waals surface area contributed by atoms with Gasteiger partial charge in [-0.05, 0) is 19.4 Å². The Balaban J connectivity index is 1.60. The van der Waals surface area contributed by atoms with Gasteiger partial charge in [-0.15, -0.1) is 0 Å². The molecule has 0 saturated carbocycles. The number of aromatic nitrogens is 5. The quantitative estimate of drug-likeness (QED) is 0.531. The molecule has 178 valence electrons. The summed E-state index contributed by atoms with van der Waals surface area (Å²) in [6.45, 7) is 0.952. The molecular formula is C20H23F4N7O2. The van der Waals surface area contributed by atoms with Crippen LogP contribution >= 0.6 is 0 Å². The average molecular weight is 469 g/mol. The van der Waals surface area contributed by atoms with Gasteiger partial charge < -0.3 is 24.6 Å². The topological polar surface area (TPSA) is 101 Å². The van der Waals surface area contributed by atoms with Crippen LogP contribution in [0.1, 0.15) is 25.2 Å². The molecule has 1 aliphatic heterocycles. The predicted molar refractivity (Wildman–Crippen MR) is 112 cm³/mol. The van der Waals surface area contributed by atoms with Crippen LogP contribution in [0.15, 0.2) is 24.5 Å². The zero-order valence-electron chi connectivity index (χ0n) is 17.9. The second-order valence-corrected chi connectivity index (χ2v) is 7.72. The normalized spacial score (nSPS) is 20.3. The van der Waals surface area contributed by atoms with Crippen LogP contribution in [0.2, 0.25) is 0 Å². The number of fused-ring (bicyclic) bond motifs is 1. The summed E-state index contributed by atoms with van der Waals surface area (Å²) in [7, 11) is 1.47. The molecule has 1 saturated heterocycles. The number of alkyl halides is 4. The number of piperidine rings is 1. The van der Waals surface area contributed by atoms with Gasteiger partial charge in [-0.2, -0.15) is 18.2 Å². The molecule has 0 unspecified atom stereocenters. The number of anilines is 3. The Kier molecular flexibility index (Phi) is 6.34. The first kappa shape index (κ1) is 23.1. The number of hydrogen-bond donors (Lipinski definition) is 2. The third-order valence-corrected chi connectivity index (χ3v) is 5.62. The number of methoxy groups -OCH3 is 1. The fourth-order valence-corrected chi connectivity index (χ4v) is 3.84. The van der Waals surface area contributed by atoms with Crippen molar-refractivity contribution in [2.75, 3.05) is 30.4 Å². The predicted octanol–water partition coefficient (Wildman–Crippen LogP) is 3.14. The minimum absolute atomic E-state index is 0.0879. The molecule has 1 fully saturated rings. The van der Waals surface area contributed by atoms with Crippen molar-refractivity contribution in [3.05, 3.63) is 30.4 Å². The number of imidazole rings is 1. The van der Waals surface area contributed by atoms with Gasteiger partial charge in [0, 0.05) is 25.9 Å². The minimum atomic E-state index is -4.53. The second kappa shape index (κ2) is 9.06. The van der Waals surface area contributed by atoms with Gasteiger partial charge in [0.15, 0.2) is 0 Å². The number of aliphatic hydroxyl groups excluding tert-OH is 1. The number of pyridine rings is 1. The van der Waals surface area contributed by atoms with Gasteiger partial charge in [0.2, 0.25) is 5.95 Å². The number of halogens is 4. The highest BCUT2D eigenvalue weighted by atomic mass is 19.4. The van der Waals surface area contributed by atoms with Crippen LogP contribution in [0.5, 0.6) is 0 Å². The van der Waals surface area contributed by atoms with Gasteiger partial charge >= 0.3 is 6.18 Å². The van der Waals surface area contributed by atoms with Crippen LogP contribution in [-0.2, 0) is 11.3 Å². The molecule has 13 heteroatoms. The van der Waals surface area contributed by atoms with E-state index < -0.39 is 31.1 Å². The number of aliphatic hydroxyl groups is 1. The summed E-state index contributed by atoms with van der Waals surface area (Å²) in [5, 5.41) is 12.4. The molecule has 2 N–H and O–H groups in total. The lowest BCUT2D eigenvalue weighted by Crippen LogP contribution is -2.46. The summed E-state index contributed by atoms with van der Waals surface area (Å²) in [6.07, 6.45) is -2.86. The minimum Gasteiger partial charge on any atom is -0.388 e. The fraction of sp³-hybridized carbons (Fsp3) is 0.500. The highest BCUT2D eigenvalue weighted by Crippen LogP contribution is 2.34. The lowest BCUT2D eigenvalue weighted by molar-refractivity contribution is -0.162. The fourth-order valence-electron chi connectivity index (χ4n) is 3.84. The van der Waals surface area contributed by atoms with Crippen molar-refractivity contribution in [2.24, 2.45) is 0 Å². The molecule has 0 radical (unpaired) electrons. The first-order valence-electron chi connectivity index (χ1n) is 10.3. The molecule has 4 heterocycles. The first-order valence-corrected chi connectivity index (χ1v) is 10.3. The van der Waals surface area contributed by atoms with Gasteiger partial charge in [0.25, 0.3) is 0 Å². The summed E-state index contributed by atoms with van der Waals surface area (Å²) in [5.41, 5.74) is 0.386. The maximum Gasteiger partial charge on any atom is 0.408 e. The summed E-state index contributed by atoms with van der Waals surface area (Å²) >= 11 is 0. The molecule has 9 nitrogen and oxygen atoms in total. The Morgan fingerprint density at radius 2 is 2.06 bits per heavy atom. The number of nitrogens with one attached hydrogen (secondary N) is 1. The molecule has 0 aliphatic carbocycles. The lowest BCUT2D eigenvalue weighted by Gasteiger charge is -2.33. The molecule has 0 amide bonds. The van der Waals surface area contributed by atoms with Crippen LogP contribution in [0, 0.1) is 0 Å². The Morgan fingerprint density at radius 1 is 1.27 bits per heavy atom. The number of rotatable bonds is 6. The lowest BCUT2D eigenvalue weighted by atomic mass is 10.1. The van der Waals surface area contributed by atoms with Crippen LogP contribution in [0.25, 0.3) is 11.0 Å². The molecule has 4 rings (SSSR count). The Morgan fingerprint density at radius 3 is 2.73 bits per heavy atom. The van der Waals surface area contributed by atoms with Crippen LogP contribution in [0.3, 0.4) is 0 Å². The summed E-state index contributed by atoms with van der Waals surface area (Å²) in [6, 6.07) is 1.08. The van der Waals surface area contributed by atoms with Crippen molar-refractivity contribution in [1.82, 2.24) is 24.5 Å². The Hall–Kier alpha value is -3.06. The van der Waals surface area contributed by atoms with Gasteiger partial charge in [0.05, 0.1) is 24.4 Å². The van der Waals surface area contributed by atoms with E-state index in [1.54, 1.807) is 11.0 Å². The summed E-state index contributed by atoms with van der Waals surface area (Å²) in [5.74, 6) is 0.775. The molecule has 3 atom stereocenters. The van der Waals surface area contributed by atoms with E-state index in [4.69, 9.17) is 4.74 Å². The highest BCUT2D eigenvalue weighted by molar-refractivity contribution is 5.79. The smallest absolute Gasteiger partial charge is 0.388 e. The number of ether oxygens (including phenoxy) is 1. The summed E-state index contributed by atoms with van der Waals surface area (Å²) < 4.78 is 60.5. The third-order valence-electron chi connectivity index (χ3n) is 5.62. The molecule has 0 spiro atoms. The zero-order valence-corrected chi connectivity index (χ0v) is 17.9. The first-order chi connectivity index (χ1) is 15.7. The van der Waals surface area contributed by atoms with Crippen molar-refractivity contribution in [3.8, 4) is 0 Å². The van der Waals surface area contributed by atoms with E-state index in [-0.39, 0.29) is 29.2 Å². The number of hydrogen-bond acceptors (Lipinski definition) is 8. The van der Waals surface area contributed by atoms with Gasteiger partial charge in [-0.1, -0.05) is 0 Å². The van der Waals surface area contributed by atoms with Crippen molar-refractivity contribution in [1.29, 1.82) is 0 Å². The van der Waals surface area contributed by atoms with E-state index in [9.17, 15) is 22.7 Å². The second-order valence-electron chi connectivity index (χ2n) is 7.72. The Bertz CT molecular complexity index is 1120. The Labute approximate surface area is 186 Å². The molecule has 0 aromatic carbocycles. The standard InChI is InChI=1S/C20H23F4N7O2/c1-11(20(22,23)24)31-14-7-17(26-8-13(14)27-18(31)10-32)28-16-3-5-25-19(29-16)30-6-4-15(33-2)12(21)9-30/h3,5,7-8,11-12,15,32H,4,6,9-10H2,1-2H3,(H,25,26,28,29)/t11-,12-,15+/m0/s1. The number of nitrogens with zero attached hydrogens (tertiary/aromatic N) is 6. The SMILES string of the molecule is CO[C@@H]1CCN(c2nccc(Nc3cc4c(cn3)nc(CO)n4[C@@H](C)C(F)(F)F)n2)C[C@@H]1F. The van der Waals surface area contributed by atoms with E-state index in [0.717, 1.165) is 11.5 Å². The van der Waals surface area contributed by atoms with Crippen molar-refractivity contribution >= 4 is 28.6 Å². The molecule has 3 aromatic rings. The van der Waals surface area contributed by atoms with E-state index in [0.29, 0.717) is 24.7 Å². The van der Waals surface area contributed by atoms with Crippen molar-refractivity contribution < 1.29 is 27.4 Å². The third kappa shape index (κ3) is 4.69. The van der Waals surface area contributed by atoms with Crippen LogP contribution in [0.4, 0.5) is 35.1 Å². The van der Waals surface area contributed by atoms with E-state index in [1.165, 1.54) is 25.6 Å². The van der Waals surface area contributed by atoms with Gasteiger partial charge in [-0.25, -0.2) is 19.3 Å². The molecular weight excluding hydrogens is 446 g/mol. The van der Waals surface area contributed by atoms with Crippen molar-refractivity contribution in [2.45, 2.75) is 44.4 Å². The maximum atomic E-state index is 14.2. The van der Waals surface area contributed by atoms with Gasteiger partial charge in [-0.3, -0.25) is 0 Å². The molecule has 0 bridgehead atoms. The highest BCUT2D eigenvalue weighted by Gasteiger charge is 2.39. The van der Waals surface area contributed by atoms with E-state index in [1.807, 2.05) is 0 Å². The van der Waals surface area contributed by atoms with E-state index >= 15 is 0 Å². The molecule has 1 aliphatic rings. The van der Waals surface area contributed by atoms with Crippen molar-refractivity contribution in [3.63, 3.8) is 0 Å². The van der Waals surface area contributed by atoms with Crippen LogP contribution in [-0.4, -0.2) is 68.3 Å². The maximum absolute atomic E-state index is 14.2. The monoisotopic (exact) mass is 469 g/mol. The van der Waals surface area contributed by atoms with E-state index in [2.05, 4.69) is 25.3 Å². The zero-order chi connectivity index (χ0) is 23.8. The van der Waals surface area contributed by atoms with Crippen LogP contribution < -0.4 is 10.2 Å².